The van der Waals surface area contributed by atoms with Crippen LogP contribution in [0, 0.1) is 12.8 Å². The first kappa shape index (κ1) is 21.3. The van der Waals surface area contributed by atoms with Crippen LogP contribution in [0.1, 0.15) is 37.0 Å². The summed E-state index contributed by atoms with van der Waals surface area (Å²) in [6.07, 6.45) is 1.18. The molecular formula is C24H30ClNO. The lowest BCUT2D eigenvalue weighted by molar-refractivity contribution is 0.302. The third kappa shape index (κ3) is 5.98. The van der Waals surface area contributed by atoms with E-state index in [1.807, 2.05) is 0 Å². The van der Waals surface area contributed by atoms with Crippen molar-refractivity contribution >= 4 is 23.2 Å². The molecule has 0 spiro atoms. The highest BCUT2D eigenvalue weighted by molar-refractivity contribution is 5.87. The number of nitrogens with one attached hydrogen (secondary N) is 1. The highest BCUT2D eigenvalue weighted by Gasteiger charge is 2.09. The van der Waals surface area contributed by atoms with Crippen LogP contribution in [-0.2, 0) is 13.2 Å². The van der Waals surface area contributed by atoms with Crippen LogP contribution < -0.4 is 10.1 Å². The van der Waals surface area contributed by atoms with Gasteiger partial charge in [0, 0.05) is 12.1 Å². The van der Waals surface area contributed by atoms with E-state index in [0.717, 1.165) is 18.8 Å². The van der Waals surface area contributed by atoms with E-state index in [0.29, 0.717) is 12.5 Å². The molecule has 0 aromatic heterocycles. The van der Waals surface area contributed by atoms with Crippen molar-refractivity contribution in [3.05, 3.63) is 77.4 Å². The summed E-state index contributed by atoms with van der Waals surface area (Å²) in [5, 5.41) is 6.12. The lowest BCUT2D eigenvalue weighted by atomic mass is 10.0. The van der Waals surface area contributed by atoms with Crippen LogP contribution in [0.2, 0.25) is 0 Å². The molecule has 3 rings (SSSR count). The topological polar surface area (TPSA) is 21.3 Å². The Hall–Kier alpha value is -2.03. The van der Waals surface area contributed by atoms with E-state index in [2.05, 4.69) is 86.8 Å². The smallest absolute Gasteiger partial charge is 0.124 e. The Balaban J connectivity index is 0.00000261. The van der Waals surface area contributed by atoms with Gasteiger partial charge in [0.2, 0.25) is 0 Å². The Labute approximate surface area is 169 Å². The molecule has 1 N–H and O–H groups in total. The van der Waals surface area contributed by atoms with Crippen molar-refractivity contribution in [1.29, 1.82) is 0 Å². The third-order valence-electron chi connectivity index (χ3n) is 4.71. The second-order valence-electron chi connectivity index (χ2n) is 7.40. The van der Waals surface area contributed by atoms with Gasteiger partial charge in [0.05, 0.1) is 0 Å². The van der Waals surface area contributed by atoms with E-state index in [1.54, 1.807) is 0 Å². The molecule has 3 aromatic rings. The van der Waals surface area contributed by atoms with Crippen molar-refractivity contribution in [3.63, 3.8) is 0 Å². The van der Waals surface area contributed by atoms with E-state index in [-0.39, 0.29) is 12.4 Å². The zero-order valence-electron chi connectivity index (χ0n) is 16.5. The number of hydrogen-bond donors (Lipinski definition) is 1. The van der Waals surface area contributed by atoms with Crippen LogP contribution in [0.3, 0.4) is 0 Å². The van der Waals surface area contributed by atoms with Crippen molar-refractivity contribution < 1.29 is 4.74 Å². The molecular weight excluding hydrogens is 354 g/mol. The Bertz CT molecular complexity index is 843. The van der Waals surface area contributed by atoms with E-state index in [1.165, 1.54) is 33.9 Å². The first-order chi connectivity index (χ1) is 12.6. The Morgan fingerprint density at radius 3 is 2.41 bits per heavy atom. The number of fused-ring (bicyclic) bond motifs is 1. The molecule has 144 valence electrons. The fourth-order valence-corrected chi connectivity index (χ4v) is 3.08. The fourth-order valence-electron chi connectivity index (χ4n) is 3.08. The molecule has 0 aliphatic heterocycles. The maximum absolute atomic E-state index is 6.21. The summed E-state index contributed by atoms with van der Waals surface area (Å²) in [7, 11) is 0. The molecule has 0 amide bonds. The quantitative estimate of drug-likeness (QED) is 0.462. The van der Waals surface area contributed by atoms with Gasteiger partial charge < -0.3 is 10.1 Å². The third-order valence-corrected chi connectivity index (χ3v) is 4.71. The van der Waals surface area contributed by atoms with Crippen molar-refractivity contribution in [2.75, 3.05) is 6.54 Å². The van der Waals surface area contributed by atoms with Gasteiger partial charge in [0.25, 0.3) is 0 Å². The molecule has 0 heterocycles. The second kappa shape index (κ2) is 10.3. The van der Waals surface area contributed by atoms with Crippen LogP contribution in [0.5, 0.6) is 5.75 Å². The van der Waals surface area contributed by atoms with Gasteiger partial charge in [0.1, 0.15) is 12.4 Å². The van der Waals surface area contributed by atoms with Gasteiger partial charge >= 0.3 is 0 Å². The van der Waals surface area contributed by atoms with Gasteiger partial charge in [0.15, 0.2) is 0 Å². The number of ether oxygens (including phenoxy) is 1. The van der Waals surface area contributed by atoms with Gasteiger partial charge in [-0.15, -0.1) is 12.4 Å². The van der Waals surface area contributed by atoms with Gasteiger partial charge in [-0.3, -0.25) is 0 Å². The van der Waals surface area contributed by atoms with E-state index in [4.69, 9.17) is 4.74 Å². The lowest BCUT2D eigenvalue weighted by Gasteiger charge is -2.16. The zero-order chi connectivity index (χ0) is 18.4. The summed E-state index contributed by atoms with van der Waals surface area (Å²) in [6.45, 7) is 9.08. The highest BCUT2D eigenvalue weighted by Crippen LogP contribution is 2.29. The van der Waals surface area contributed by atoms with Crippen LogP contribution in [0.15, 0.2) is 60.7 Å². The van der Waals surface area contributed by atoms with Crippen LogP contribution in [-0.4, -0.2) is 6.54 Å². The van der Waals surface area contributed by atoms with Crippen molar-refractivity contribution in [3.8, 4) is 5.75 Å². The Morgan fingerprint density at radius 2 is 1.67 bits per heavy atom. The van der Waals surface area contributed by atoms with E-state index in [9.17, 15) is 0 Å². The molecule has 27 heavy (non-hydrogen) atoms. The van der Waals surface area contributed by atoms with Gasteiger partial charge in [-0.2, -0.15) is 0 Å². The zero-order valence-corrected chi connectivity index (χ0v) is 17.3. The average molecular weight is 384 g/mol. The molecule has 0 fully saturated rings. The lowest BCUT2D eigenvalue weighted by Crippen LogP contribution is -2.17. The molecule has 3 heteroatoms. The normalized spacial score (nSPS) is 10.8. The molecule has 0 saturated heterocycles. The van der Waals surface area contributed by atoms with Gasteiger partial charge in [-0.05, 0) is 48.2 Å². The highest BCUT2D eigenvalue weighted by atomic mass is 35.5. The summed E-state index contributed by atoms with van der Waals surface area (Å²) in [5.41, 5.74) is 3.72. The molecule has 0 saturated carbocycles. The predicted octanol–water partition coefficient (Wildman–Crippen LogP) is 6.28. The minimum Gasteiger partial charge on any atom is -0.489 e. The number of rotatable bonds is 8. The van der Waals surface area contributed by atoms with Crippen LogP contribution in [0.4, 0.5) is 0 Å². The fraction of sp³-hybridized carbons (Fsp3) is 0.333. The second-order valence-corrected chi connectivity index (χ2v) is 7.40. The molecule has 3 aromatic carbocycles. The standard InChI is InChI=1S/C24H29NO.ClH/c1-18(2)14-15-25-16-23-22-7-5-4-6-21(22)12-13-24(23)26-17-20-10-8-19(3)9-11-20;/h4-13,18,25H,14-17H2,1-3H3;1H. The molecule has 0 atom stereocenters. The Kier molecular flexibility index (Phi) is 8.15. The molecule has 2 nitrogen and oxygen atoms in total. The maximum atomic E-state index is 6.21. The average Bonchev–Trinajstić information content (AvgIpc) is 2.65. The summed E-state index contributed by atoms with van der Waals surface area (Å²) >= 11 is 0. The first-order valence-electron chi connectivity index (χ1n) is 9.53. The summed E-state index contributed by atoms with van der Waals surface area (Å²) in [5.74, 6) is 1.69. The SMILES string of the molecule is Cc1ccc(COc2ccc3ccccc3c2CNCCC(C)C)cc1.Cl. The van der Waals surface area contributed by atoms with E-state index >= 15 is 0 Å². The van der Waals surface area contributed by atoms with Crippen LogP contribution in [0.25, 0.3) is 10.8 Å². The first-order valence-corrected chi connectivity index (χ1v) is 9.53. The van der Waals surface area contributed by atoms with Crippen molar-refractivity contribution in [1.82, 2.24) is 5.32 Å². The predicted molar refractivity (Wildman–Crippen MR) is 118 cm³/mol. The van der Waals surface area contributed by atoms with Crippen molar-refractivity contribution in [2.24, 2.45) is 5.92 Å². The maximum Gasteiger partial charge on any atom is 0.124 e. The van der Waals surface area contributed by atoms with E-state index < -0.39 is 0 Å². The van der Waals surface area contributed by atoms with Gasteiger partial charge in [-0.25, -0.2) is 0 Å². The number of halogens is 1. The van der Waals surface area contributed by atoms with Crippen LogP contribution >= 0.6 is 12.4 Å². The summed E-state index contributed by atoms with van der Waals surface area (Å²) < 4.78 is 6.21. The molecule has 0 radical (unpaired) electrons. The molecule has 0 bridgehead atoms. The molecule has 0 aliphatic rings. The largest absolute Gasteiger partial charge is 0.489 e. The van der Waals surface area contributed by atoms with Gasteiger partial charge in [-0.1, -0.05) is 74.0 Å². The molecule has 0 aliphatic carbocycles. The minimum absolute atomic E-state index is 0. The number of hydrogen-bond acceptors (Lipinski definition) is 2. The number of aryl methyl sites for hydroxylation is 1. The molecule has 0 unspecified atom stereocenters. The Morgan fingerprint density at radius 1 is 0.926 bits per heavy atom. The summed E-state index contributed by atoms with van der Waals surface area (Å²) in [4.78, 5) is 0. The number of benzene rings is 3. The monoisotopic (exact) mass is 383 g/mol. The van der Waals surface area contributed by atoms with Crippen molar-refractivity contribution in [2.45, 2.75) is 40.3 Å². The minimum atomic E-state index is 0. The summed E-state index contributed by atoms with van der Waals surface area (Å²) in [6, 6.07) is 21.3.